The minimum atomic E-state index is -1.01. The highest BCUT2D eigenvalue weighted by Gasteiger charge is 2.27. The zero-order valence-corrected chi connectivity index (χ0v) is 13.9. The van der Waals surface area contributed by atoms with Gasteiger partial charge in [-0.1, -0.05) is 42.5 Å². The molecule has 0 spiro atoms. The quantitative estimate of drug-likeness (QED) is 0.492. The number of amides is 1. The molecule has 25 heavy (non-hydrogen) atoms. The number of hydrogen-bond donors (Lipinski definition) is 1. The molecule has 130 valence electrons. The van der Waals surface area contributed by atoms with Crippen LogP contribution in [0.4, 0.5) is 10.5 Å². The Balaban J connectivity index is 2.37. The number of nitrogens with two attached hydrogens (primary N) is 1. The first kappa shape index (κ1) is 18.1. The average molecular weight is 342 g/mol. The molecule has 0 radical (unpaired) electrons. The van der Waals surface area contributed by atoms with Gasteiger partial charge >= 0.3 is 6.09 Å². The Labute approximate surface area is 144 Å². The van der Waals surface area contributed by atoms with Gasteiger partial charge in [0.1, 0.15) is 5.60 Å². The van der Waals surface area contributed by atoms with Crippen molar-refractivity contribution in [1.82, 2.24) is 0 Å². The molecule has 2 aromatic rings. The zero-order chi connectivity index (χ0) is 18.6. The maximum atomic E-state index is 12.5. The van der Waals surface area contributed by atoms with E-state index in [4.69, 9.17) is 10.5 Å². The molecule has 0 aliphatic carbocycles. The van der Waals surface area contributed by atoms with E-state index in [1.807, 2.05) is 0 Å². The van der Waals surface area contributed by atoms with E-state index in [1.54, 1.807) is 44.2 Å². The minimum absolute atomic E-state index is 0.0893. The van der Waals surface area contributed by atoms with Crippen LogP contribution in [0.2, 0.25) is 0 Å². The molecule has 1 amide bonds. The number of hydrogen-bond acceptors (Lipinski definition) is 5. The van der Waals surface area contributed by atoms with Gasteiger partial charge in [-0.3, -0.25) is 14.9 Å². The van der Waals surface area contributed by atoms with Crippen LogP contribution in [0.15, 0.2) is 48.5 Å². The summed E-state index contributed by atoms with van der Waals surface area (Å²) in [7, 11) is 0. The fraction of sp³-hybridized carbons (Fsp3) is 0.222. The third kappa shape index (κ3) is 4.63. The van der Waals surface area contributed by atoms with Gasteiger partial charge in [-0.05, 0) is 13.8 Å². The number of benzene rings is 2. The van der Waals surface area contributed by atoms with Crippen molar-refractivity contribution in [3.05, 3.63) is 75.3 Å². The first-order chi connectivity index (χ1) is 11.7. The van der Waals surface area contributed by atoms with E-state index in [0.29, 0.717) is 11.1 Å². The highest BCUT2D eigenvalue weighted by atomic mass is 16.6. The van der Waals surface area contributed by atoms with Crippen molar-refractivity contribution in [2.75, 3.05) is 0 Å². The van der Waals surface area contributed by atoms with E-state index >= 15 is 0 Å². The van der Waals surface area contributed by atoms with Crippen molar-refractivity contribution in [2.45, 2.75) is 25.9 Å². The molecular weight excluding hydrogens is 324 g/mol. The second kappa shape index (κ2) is 7.12. The van der Waals surface area contributed by atoms with Gasteiger partial charge in [0.15, 0.2) is 5.78 Å². The fourth-order valence-corrected chi connectivity index (χ4v) is 2.55. The molecule has 2 aromatic carbocycles. The first-order valence-corrected chi connectivity index (χ1v) is 7.55. The van der Waals surface area contributed by atoms with E-state index in [1.165, 1.54) is 18.2 Å². The summed E-state index contributed by atoms with van der Waals surface area (Å²) in [5.41, 5.74) is 4.81. The van der Waals surface area contributed by atoms with E-state index < -0.39 is 16.6 Å². The summed E-state index contributed by atoms with van der Waals surface area (Å²) in [4.78, 5) is 34.2. The van der Waals surface area contributed by atoms with Crippen molar-refractivity contribution in [3.63, 3.8) is 0 Å². The summed E-state index contributed by atoms with van der Waals surface area (Å²) in [6, 6.07) is 12.8. The Morgan fingerprint density at radius 1 is 1.12 bits per heavy atom. The lowest BCUT2D eigenvalue weighted by Gasteiger charge is -2.23. The van der Waals surface area contributed by atoms with Crippen LogP contribution in [0.3, 0.4) is 0 Å². The van der Waals surface area contributed by atoms with Crippen molar-refractivity contribution in [2.24, 2.45) is 5.73 Å². The van der Waals surface area contributed by atoms with Crippen LogP contribution in [0.1, 0.15) is 35.3 Å². The number of ketones is 1. The number of carbonyl (C=O) groups excluding carboxylic acids is 2. The molecule has 7 heteroatoms. The van der Waals surface area contributed by atoms with Gasteiger partial charge in [-0.25, -0.2) is 4.79 Å². The molecule has 0 heterocycles. The summed E-state index contributed by atoms with van der Waals surface area (Å²) in [6.45, 7) is 3.20. The van der Waals surface area contributed by atoms with Gasteiger partial charge < -0.3 is 10.5 Å². The first-order valence-electron chi connectivity index (χ1n) is 7.55. The molecule has 0 saturated heterocycles. The molecule has 0 aromatic heterocycles. The highest BCUT2D eigenvalue weighted by Crippen LogP contribution is 2.27. The molecule has 2 N–H and O–H groups in total. The topological polar surface area (TPSA) is 113 Å². The van der Waals surface area contributed by atoms with E-state index in [-0.39, 0.29) is 23.5 Å². The lowest BCUT2D eigenvalue weighted by atomic mass is 9.94. The lowest BCUT2D eigenvalue weighted by Crippen LogP contribution is -2.33. The number of nitrogens with zero attached hydrogens (tertiary/aromatic N) is 1. The maximum Gasteiger partial charge on any atom is 0.405 e. The van der Waals surface area contributed by atoms with Gasteiger partial charge in [-0.2, -0.15) is 0 Å². The van der Waals surface area contributed by atoms with E-state index in [9.17, 15) is 19.7 Å². The van der Waals surface area contributed by atoms with Crippen LogP contribution in [-0.4, -0.2) is 22.4 Å². The standard InChI is InChI=1S/C18H18N2O5/c1-18(2,25-17(19)22)11-14-9-8-13(10-15(14)20(23)24)16(21)12-6-4-3-5-7-12/h3-10H,11H2,1-2H3,(H2,19,22). The second-order valence-corrected chi connectivity index (χ2v) is 6.15. The lowest BCUT2D eigenvalue weighted by molar-refractivity contribution is -0.385. The van der Waals surface area contributed by atoms with Crippen molar-refractivity contribution in [1.29, 1.82) is 0 Å². The third-order valence-corrected chi connectivity index (χ3v) is 3.57. The van der Waals surface area contributed by atoms with Crippen LogP contribution >= 0.6 is 0 Å². The average Bonchev–Trinajstić information content (AvgIpc) is 2.53. The van der Waals surface area contributed by atoms with Crippen molar-refractivity contribution < 1.29 is 19.2 Å². The number of carbonyl (C=O) groups is 2. The summed E-state index contributed by atoms with van der Waals surface area (Å²) in [5.74, 6) is -0.303. The Kier molecular flexibility index (Phi) is 5.17. The molecule has 0 aliphatic heterocycles. The van der Waals surface area contributed by atoms with E-state index in [0.717, 1.165) is 0 Å². The zero-order valence-electron chi connectivity index (χ0n) is 13.9. The maximum absolute atomic E-state index is 12.5. The summed E-state index contributed by atoms with van der Waals surface area (Å²) in [5, 5.41) is 11.4. The molecule has 0 aliphatic rings. The second-order valence-electron chi connectivity index (χ2n) is 6.15. The predicted octanol–water partition coefficient (Wildman–Crippen LogP) is 3.24. The van der Waals surface area contributed by atoms with Crippen molar-refractivity contribution in [3.8, 4) is 0 Å². The van der Waals surface area contributed by atoms with Gasteiger partial charge in [0, 0.05) is 29.2 Å². The molecule has 0 fully saturated rings. The Morgan fingerprint density at radius 2 is 1.76 bits per heavy atom. The molecular formula is C18H18N2O5. The van der Waals surface area contributed by atoms with Gasteiger partial charge in [0.2, 0.25) is 0 Å². The molecule has 0 unspecified atom stereocenters. The largest absolute Gasteiger partial charge is 0.443 e. The van der Waals surface area contributed by atoms with E-state index in [2.05, 4.69) is 0 Å². The highest BCUT2D eigenvalue weighted by molar-refractivity contribution is 6.09. The van der Waals surface area contributed by atoms with Crippen LogP contribution in [0, 0.1) is 10.1 Å². The smallest absolute Gasteiger partial charge is 0.405 e. The number of rotatable bonds is 6. The Hall–Kier alpha value is -3.22. The molecule has 0 bridgehead atoms. The summed E-state index contributed by atoms with van der Waals surface area (Å²) < 4.78 is 4.97. The number of nitro benzene ring substituents is 1. The summed E-state index contributed by atoms with van der Waals surface area (Å²) in [6.07, 6.45) is -0.866. The van der Waals surface area contributed by atoms with Crippen molar-refractivity contribution >= 4 is 17.6 Å². The minimum Gasteiger partial charge on any atom is -0.443 e. The molecule has 0 atom stereocenters. The summed E-state index contributed by atoms with van der Waals surface area (Å²) >= 11 is 0. The number of ether oxygens (including phenoxy) is 1. The normalized spacial score (nSPS) is 11.0. The monoisotopic (exact) mass is 342 g/mol. The van der Waals surface area contributed by atoms with Gasteiger partial charge in [0.25, 0.3) is 5.69 Å². The fourth-order valence-electron chi connectivity index (χ4n) is 2.55. The van der Waals surface area contributed by atoms with Crippen LogP contribution in [0.5, 0.6) is 0 Å². The molecule has 2 rings (SSSR count). The van der Waals surface area contributed by atoms with Crippen LogP contribution in [-0.2, 0) is 11.2 Å². The predicted molar refractivity (Wildman–Crippen MR) is 91.4 cm³/mol. The molecule has 7 nitrogen and oxygen atoms in total. The Bertz CT molecular complexity index is 815. The van der Waals surface area contributed by atoms with Gasteiger partial charge in [0.05, 0.1) is 4.92 Å². The van der Waals surface area contributed by atoms with Crippen LogP contribution < -0.4 is 5.73 Å². The number of primary amides is 1. The van der Waals surface area contributed by atoms with Gasteiger partial charge in [-0.15, -0.1) is 0 Å². The molecule has 0 saturated carbocycles. The van der Waals surface area contributed by atoms with Crippen LogP contribution in [0.25, 0.3) is 0 Å². The third-order valence-electron chi connectivity index (χ3n) is 3.57. The SMILES string of the molecule is CC(C)(Cc1ccc(C(=O)c2ccccc2)cc1[N+](=O)[O-])OC(N)=O. The number of nitro groups is 1. The Morgan fingerprint density at radius 3 is 2.32 bits per heavy atom.